The van der Waals surface area contributed by atoms with Crippen LogP contribution in [-0.2, 0) is 22.3 Å². The number of guanidine groups is 1. The molecule has 1 saturated carbocycles. The number of thiazole rings is 1. The van der Waals surface area contributed by atoms with Crippen LogP contribution in [0.5, 0.6) is 0 Å². The summed E-state index contributed by atoms with van der Waals surface area (Å²) in [5.74, 6) is 0.310. The number of alkyl halides is 3. The van der Waals surface area contributed by atoms with Gasteiger partial charge in [-0.25, -0.2) is 4.98 Å². The van der Waals surface area contributed by atoms with Crippen LogP contribution in [0.1, 0.15) is 43.3 Å². The summed E-state index contributed by atoms with van der Waals surface area (Å²) in [5, 5.41) is 7.57. The summed E-state index contributed by atoms with van der Waals surface area (Å²) in [7, 11) is 1.60. The number of hydrogen-bond acceptors (Lipinski definition) is 5. The first-order valence-electron chi connectivity index (χ1n) is 8.48. The maximum Gasteiger partial charge on any atom is 0.434 e. The second-order valence-corrected chi connectivity index (χ2v) is 6.94. The lowest BCUT2D eigenvalue weighted by Crippen LogP contribution is -2.45. The molecule has 1 aromatic heterocycles. The van der Waals surface area contributed by atoms with Gasteiger partial charge in [-0.15, -0.1) is 35.3 Å². The molecule has 0 amide bonds. The Balaban J connectivity index is 0.00000364. The molecule has 1 heterocycles. The molecule has 2 rings (SSSR count). The minimum absolute atomic E-state index is 0. The minimum Gasteiger partial charge on any atom is -0.466 e. The summed E-state index contributed by atoms with van der Waals surface area (Å²) in [6.45, 7) is 2.35. The van der Waals surface area contributed by atoms with Gasteiger partial charge in [0.05, 0.1) is 19.1 Å². The molecule has 2 N–H and O–H groups in total. The summed E-state index contributed by atoms with van der Waals surface area (Å²) in [6.07, 6.45) is -1.32. The average molecular weight is 520 g/mol. The molecule has 1 fully saturated rings. The van der Waals surface area contributed by atoms with Crippen molar-refractivity contribution < 1.29 is 22.7 Å². The molecule has 0 atom stereocenters. The molecule has 1 aliphatic rings. The Kier molecular flexibility index (Phi) is 9.77. The SMILES string of the molecule is CCOC(=O)C1CCC(NC(=NC)NCc2nc(C(F)(F)F)cs2)CC1.I. The van der Waals surface area contributed by atoms with Crippen molar-refractivity contribution in [3.05, 3.63) is 16.1 Å². The van der Waals surface area contributed by atoms with Crippen LogP contribution >= 0.6 is 35.3 Å². The summed E-state index contributed by atoms with van der Waals surface area (Å²) >= 11 is 0.955. The lowest BCUT2D eigenvalue weighted by atomic mass is 9.86. The number of rotatable bonds is 5. The largest absolute Gasteiger partial charge is 0.466 e. The zero-order chi connectivity index (χ0) is 19.2. The van der Waals surface area contributed by atoms with E-state index in [1.807, 2.05) is 0 Å². The van der Waals surface area contributed by atoms with Gasteiger partial charge in [-0.05, 0) is 32.6 Å². The van der Waals surface area contributed by atoms with Gasteiger partial charge in [0.2, 0.25) is 0 Å². The van der Waals surface area contributed by atoms with E-state index in [9.17, 15) is 18.0 Å². The van der Waals surface area contributed by atoms with Crippen LogP contribution in [0.15, 0.2) is 10.4 Å². The van der Waals surface area contributed by atoms with Crippen LogP contribution in [0.25, 0.3) is 0 Å². The van der Waals surface area contributed by atoms with Crippen molar-refractivity contribution in [1.29, 1.82) is 0 Å². The lowest BCUT2D eigenvalue weighted by Gasteiger charge is -2.29. The fourth-order valence-electron chi connectivity index (χ4n) is 2.80. The van der Waals surface area contributed by atoms with Gasteiger partial charge in [0, 0.05) is 18.5 Å². The molecule has 11 heteroatoms. The molecule has 0 bridgehead atoms. The Hall–Kier alpha value is -1.11. The van der Waals surface area contributed by atoms with E-state index in [2.05, 4.69) is 20.6 Å². The molecule has 0 spiro atoms. The number of aliphatic imine (C=N–C) groups is 1. The third-order valence-electron chi connectivity index (χ3n) is 4.16. The standard InChI is InChI=1S/C16H23F3N4O2S.HI/c1-3-25-14(24)10-4-6-11(7-5-10)22-15(20-2)21-8-13-23-12(9-26-13)16(17,18)19;/h9-11H,3-8H2,1-2H3,(H2,20,21,22);1H. The third-order valence-corrected chi connectivity index (χ3v) is 5.01. The lowest BCUT2D eigenvalue weighted by molar-refractivity contribution is -0.149. The van der Waals surface area contributed by atoms with Crippen molar-refractivity contribution in [2.45, 2.75) is 51.4 Å². The van der Waals surface area contributed by atoms with E-state index in [-0.39, 0.29) is 48.5 Å². The Morgan fingerprint density at radius 3 is 2.56 bits per heavy atom. The smallest absolute Gasteiger partial charge is 0.434 e. The maximum atomic E-state index is 12.6. The first-order chi connectivity index (χ1) is 12.3. The van der Waals surface area contributed by atoms with Gasteiger partial charge in [0.1, 0.15) is 5.01 Å². The number of hydrogen-bond donors (Lipinski definition) is 2. The predicted octanol–water partition coefficient (Wildman–Crippen LogP) is 3.57. The van der Waals surface area contributed by atoms with Gasteiger partial charge in [-0.3, -0.25) is 9.79 Å². The van der Waals surface area contributed by atoms with Crippen LogP contribution in [0.4, 0.5) is 13.2 Å². The fraction of sp³-hybridized carbons (Fsp3) is 0.688. The molecule has 6 nitrogen and oxygen atoms in total. The number of carbonyl (C=O) groups excluding carboxylic acids is 1. The van der Waals surface area contributed by atoms with Crippen molar-refractivity contribution in [1.82, 2.24) is 15.6 Å². The number of aromatic nitrogens is 1. The van der Waals surface area contributed by atoms with E-state index in [0.29, 0.717) is 17.6 Å². The summed E-state index contributed by atoms with van der Waals surface area (Å²) in [4.78, 5) is 19.4. The molecular weight excluding hydrogens is 496 g/mol. The van der Waals surface area contributed by atoms with Gasteiger partial charge in [-0.1, -0.05) is 0 Å². The van der Waals surface area contributed by atoms with Gasteiger partial charge in [-0.2, -0.15) is 13.2 Å². The number of nitrogens with zero attached hydrogens (tertiary/aromatic N) is 2. The van der Waals surface area contributed by atoms with Crippen molar-refractivity contribution in [3.63, 3.8) is 0 Å². The van der Waals surface area contributed by atoms with Crippen molar-refractivity contribution in [2.24, 2.45) is 10.9 Å². The zero-order valence-electron chi connectivity index (χ0n) is 15.1. The molecule has 154 valence electrons. The summed E-state index contributed by atoms with van der Waals surface area (Å²) < 4.78 is 42.8. The second-order valence-electron chi connectivity index (χ2n) is 5.99. The number of nitrogens with one attached hydrogen (secondary N) is 2. The van der Waals surface area contributed by atoms with Gasteiger partial charge < -0.3 is 15.4 Å². The monoisotopic (exact) mass is 520 g/mol. The van der Waals surface area contributed by atoms with Crippen molar-refractivity contribution in [3.8, 4) is 0 Å². The Morgan fingerprint density at radius 1 is 1.37 bits per heavy atom. The van der Waals surface area contributed by atoms with Crippen LogP contribution in [-0.4, -0.2) is 36.6 Å². The van der Waals surface area contributed by atoms with Crippen LogP contribution in [0, 0.1) is 5.92 Å². The highest BCUT2D eigenvalue weighted by Crippen LogP contribution is 2.30. The number of ether oxygens (including phenoxy) is 1. The number of esters is 1. The van der Waals surface area contributed by atoms with E-state index in [1.54, 1.807) is 14.0 Å². The van der Waals surface area contributed by atoms with E-state index in [4.69, 9.17) is 4.74 Å². The Bertz CT molecular complexity index is 631. The molecule has 27 heavy (non-hydrogen) atoms. The number of halogens is 4. The van der Waals surface area contributed by atoms with Crippen molar-refractivity contribution >= 4 is 47.2 Å². The normalized spacial score (nSPS) is 20.6. The molecular formula is C16H24F3IN4O2S. The molecule has 0 aromatic carbocycles. The predicted molar refractivity (Wildman–Crippen MR) is 108 cm³/mol. The molecule has 0 radical (unpaired) electrons. The van der Waals surface area contributed by atoms with Crippen LogP contribution in [0.2, 0.25) is 0 Å². The summed E-state index contributed by atoms with van der Waals surface area (Å²) in [6, 6.07) is 0.161. The first-order valence-corrected chi connectivity index (χ1v) is 9.36. The van der Waals surface area contributed by atoms with Crippen LogP contribution < -0.4 is 10.6 Å². The van der Waals surface area contributed by atoms with Gasteiger partial charge in [0.15, 0.2) is 11.7 Å². The molecule has 0 unspecified atom stereocenters. The first kappa shape index (κ1) is 23.9. The quantitative estimate of drug-likeness (QED) is 0.269. The van der Waals surface area contributed by atoms with Crippen LogP contribution in [0.3, 0.4) is 0 Å². The molecule has 1 aromatic rings. The van der Waals surface area contributed by atoms with Gasteiger partial charge in [0.25, 0.3) is 0 Å². The Morgan fingerprint density at radius 2 is 2.04 bits per heavy atom. The van der Waals surface area contributed by atoms with E-state index < -0.39 is 11.9 Å². The highest BCUT2D eigenvalue weighted by atomic mass is 127. The average Bonchev–Trinajstić information content (AvgIpc) is 3.08. The Labute approximate surface area is 177 Å². The third kappa shape index (κ3) is 7.43. The fourth-order valence-corrected chi connectivity index (χ4v) is 3.54. The molecule has 0 aliphatic heterocycles. The van der Waals surface area contributed by atoms with Gasteiger partial charge >= 0.3 is 12.1 Å². The zero-order valence-corrected chi connectivity index (χ0v) is 18.3. The summed E-state index contributed by atoms with van der Waals surface area (Å²) in [5.41, 5.74) is -0.875. The van der Waals surface area contributed by atoms with E-state index in [1.165, 1.54) is 0 Å². The maximum absolute atomic E-state index is 12.6. The van der Waals surface area contributed by atoms with Crippen molar-refractivity contribution in [2.75, 3.05) is 13.7 Å². The number of carbonyl (C=O) groups is 1. The highest BCUT2D eigenvalue weighted by Gasteiger charge is 2.33. The molecule has 0 saturated heterocycles. The highest BCUT2D eigenvalue weighted by molar-refractivity contribution is 14.0. The van der Waals surface area contributed by atoms with E-state index >= 15 is 0 Å². The van der Waals surface area contributed by atoms with E-state index in [0.717, 1.165) is 42.4 Å². The minimum atomic E-state index is -4.42. The second kappa shape index (κ2) is 11.0. The molecule has 1 aliphatic carbocycles. The topological polar surface area (TPSA) is 75.6 Å².